The van der Waals surface area contributed by atoms with E-state index in [0.717, 1.165) is 17.3 Å². The maximum absolute atomic E-state index is 14.0. The van der Waals surface area contributed by atoms with Crippen molar-refractivity contribution in [3.05, 3.63) is 71.1 Å². The highest BCUT2D eigenvalue weighted by Crippen LogP contribution is 2.34. The number of benzene rings is 2. The topological polar surface area (TPSA) is 95.1 Å². The molecule has 0 saturated carbocycles. The normalized spacial score (nSPS) is 13.8. The summed E-state index contributed by atoms with van der Waals surface area (Å²) in [6, 6.07) is 8.65. The van der Waals surface area contributed by atoms with Gasteiger partial charge in [0.15, 0.2) is 0 Å². The SMILES string of the molecule is CC(N)=O.CNc1ccc(F)cc1.COc1cc(F)c(C2Cc3nnc(C)n3C2)c(F)c1. The maximum Gasteiger partial charge on any atom is 0.214 e. The van der Waals surface area contributed by atoms with Crippen molar-refractivity contribution in [3.63, 3.8) is 0 Å². The summed E-state index contributed by atoms with van der Waals surface area (Å²) >= 11 is 0. The Morgan fingerprint density at radius 1 is 1.16 bits per heavy atom. The number of anilines is 1. The molecule has 0 bridgehead atoms. The second kappa shape index (κ2) is 11.2. The zero-order valence-electron chi connectivity index (χ0n) is 18.3. The van der Waals surface area contributed by atoms with Crippen LogP contribution >= 0.6 is 0 Å². The third kappa shape index (κ3) is 6.47. The predicted molar refractivity (Wildman–Crippen MR) is 115 cm³/mol. The lowest BCUT2D eigenvalue weighted by Crippen LogP contribution is -2.08. The molecule has 3 N–H and O–H groups in total. The zero-order chi connectivity index (χ0) is 23.8. The lowest BCUT2D eigenvalue weighted by Gasteiger charge is -2.13. The highest BCUT2D eigenvalue weighted by molar-refractivity contribution is 5.70. The van der Waals surface area contributed by atoms with Gasteiger partial charge in [0.25, 0.3) is 0 Å². The van der Waals surface area contributed by atoms with Gasteiger partial charge in [0.1, 0.15) is 34.8 Å². The third-order valence-electron chi connectivity index (χ3n) is 4.67. The smallest absolute Gasteiger partial charge is 0.214 e. The number of fused-ring (bicyclic) bond motifs is 1. The van der Waals surface area contributed by atoms with E-state index in [-0.39, 0.29) is 29.0 Å². The second-order valence-corrected chi connectivity index (χ2v) is 7.05. The summed E-state index contributed by atoms with van der Waals surface area (Å²) in [5.74, 6) is -0.184. The summed E-state index contributed by atoms with van der Waals surface area (Å²) in [5.41, 5.74) is 5.50. The van der Waals surface area contributed by atoms with Crippen molar-refractivity contribution in [3.8, 4) is 5.75 Å². The first-order valence-corrected chi connectivity index (χ1v) is 9.77. The molecular formula is C22H26F3N5O2. The Labute approximate surface area is 184 Å². The fourth-order valence-corrected chi connectivity index (χ4v) is 3.20. The van der Waals surface area contributed by atoms with Crippen LogP contribution in [0.4, 0.5) is 18.9 Å². The van der Waals surface area contributed by atoms with Gasteiger partial charge in [-0.1, -0.05) is 0 Å². The first-order chi connectivity index (χ1) is 15.2. The Morgan fingerprint density at radius 2 is 1.72 bits per heavy atom. The molecule has 1 aliphatic heterocycles. The first-order valence-electron chi connectivity index (χ1n) is 9.77. The van der Waals surface area contributed by atoms with E-state index in [1.54, 1.807) is 19.2 Å². The molecule has 2 heterocycles. The van der Waals surface area contributed by atoms with Crippen LogP contribution in [0.15, 0.2) is 36.4 Å². The van der Waals surface area contributed by atoms with Gasteiger partial charge in [-0.15, -0.1) is 10.2 Å². The molecule has 4 rings (SSSR count). The van der Waals surface area contributed by atoms with Crippen LogP contribution in [0.25, 0.3) is 0 Å². The number of amides is 1. The molecule has 7 nitrogen and oxygen atoms in total. The fourth-order valence-electron chi connectivity index (χ4n) is 3.20. The number of aryl methyl sites for hydroxylation is 1. The molecule has 172 valence electrons. The van der Waals surface area contributed by atoms with Crippen molar-refractivity contribution in [1.82, 2.24) is 14.8 Å². The highest BCUT2D eigenvalue weighted by atomic mass is 19.1. The Hall–Kier alpha value is -3.56. The Kier molecular flexibility index (Phi) is 8.62. The average Bonchev–Trinajstić information content (AvgIpc) is 3.30. The van der Waals surface area contributed by atoms with Gasteiger partial charge in [-0.2, -0.15) is 0 Å². The van der Waals surface area contributed by atoms with Crippen molar-refractivity contribution in [2.75, 3.05) is 19.5 Å². The number of hydrogen-bond acceptors (Lipinski definition) is 5. The van der Waals surface area contributed by atoms with E-state index in [2.05, 4.69) is 21.2 Å². The van der Waals surface area contributed by atoms with Crippen molar-refractivity contribution in [2.24, 2.45) is 5.73 Å². The quantitative estimate of drug-likeness (QED) is 0.638. The van der Waals surface area contributed by atoms with Crippen molar-refractivity contribution >= 4 is 11.6 Å². The lowest BCUT2D eigenvalue weighted by atomic mass is 9.96. The van der Waals surface area contributed by atoms with Crippen LogP contribution in [0.5, 0.6) is 5.75 Å². The fraction of sp³-hybridized carbons (Fsp3) is 0.318. The molecule has 1 aliphatic rings. The maximum atomic E-state index is 14.0. The van der Waals surface area contributed by atoms with Gasteiger partial charge in [-0.3, -0.25) is 4.79 Å². The molecule has 0 radical (unpaired) electrons. The summed E-state index contributed by atoms with van der Waals surface area (Å²) in [6.45, 7) is 3.65. The molecule has 0 spiro atoms. The van der Waals surface area contributed by atoms with Crippen LogP contribution in [-0.4, -0.2) is 34.8 Å². The van der Waals surface area contributed by atoms with E-state index in [1.165, 1.54) is 38.3 Å². The summed E-state index contributed by atoms with van der Waals surface area (Å²) < 4.78 is 47.0. The Morgan fingerprint density at radius 3 is 2.19 bits per heavy atom. The minimum absolute atomic E-state index is 0.103. The van der Waals surface area contributed by atoms with Gasteiger partial charge in [0, 0.05) is 56.2 Å². The van der Waals surface area contributed by atoms with Gasteiger partial charge < -0.3 is 20.4 Å². The molecule has 32 heavy (non-hydrogen) atoms. The molecule has 1 unspecified atom stereocenters. The van der Waals surface area contributed by atoms with E-state index in [1.807, 2.05) is 11.5 Å². The average molecular weight is 449 g/mol. The molecule has 10 heteroatoms. The largest absolute Gasteiger partial charge is 0.497 e. The van der Waals surface area contributed by atoms with Crippen LogP contribution in [0.3, 0.4) is 0 Å². The number of nitrogens with two attached hydrogens (primary N) is 1. The number of primary amides is 1. The Bertz CT molecular complexity index is 1030. The molecule has 0 saturated heterocycles. The number of carbonyl (C=O) groups is 1. The number of nitrogens with zero attached hydrogens (tertiary/aromatic N) is 3. The van der Waals surface area contributed by atoms with E-state index in [9.17, 15) is 18.0 Å². The molecule has 3 aromatic rings. The van der Waals surface area contributed by atoms with Gasteiger partial charge >= 0.3 is 0 Å². The standard InChI is InChI=1S/C13H13F2N3O.C7H8FN.C2H5NO/c1-7-16-17-12-3-8(6-18(7)12)13-10(14)4-9(19-2)5-11(13)15;1-9-7-4-2-6(8)3-5-7;1-2(3)4/h4-5,8H,3,6H2,1-2H3;2-5,9H,1H3;1H3,(H2,3,4). The zero-order valence-corrected chi connectivity index (χ0v) is 18.3. The number of carbonyl (C=O) groups excluding carboxylic acids is 1. The minimum Gasteiger partial charge on any atom is -0.497 e. The van der Waals surface area contributed by atoms with Crippen LogP contribution in [-0.2, 0) is 17.8 Å². The van der Waals surface area contributed by atoms with Crippen LogP contribution in [0, 0.1) is 24.4 Å². The molecule has 1 aromatic heterocycles. The summed E-state index contributed by atoms with van der Waals surface area (Å²) in [7, 11) is 3.18. The van der Waals surface area contributed by atoms with E-state index in [0.29, 0.717) is 13.0 Å². The molecule has 1 amide bonds. The van der Waals surface area contributed by atoms with E-state index in [4.69, 9.17) is 4.74 Å². The number of methoxy groups -OCH3 is 1. The second-order valence-electron chi connectivity index (χ2n) is 7.05. The van der Waals surface area contributed by atoms with Gasteiger partial charge in [0.05, 0.1) is 7.11 Å². The summed E-state index contributed by atoms with van der Waals surface area (Å²) in [5, 5.41) is 10.8. The van der Waals surface area contributed by atoms with Crippen LogP contribution in [0.1, 0.15) is 30.1 Å². The number of hydrogen-bond donors (Lipinski definition) is 2. The number of halogens is 3. The van der Waals surface area contributed by atoms with Gasteiger partial charge in [-0.25, -0.2) is 13.2 Å². The summed E-state index contributed by atoms with van der Waals surface area (Å²) in [6.07, 6.45) is 0.501. The summed E-state index contributed by atoms with van der Waals surface area (Å²) in [4.78, 5) is 9.22. The van der Waals surface area contributed by atoms with Gasteiger partial charge in [0.2, 0.25) is 5.91 Å². The van der Waals surface area contributed by atoms with Crippen molar-refractivity contribution in [2.45, 2.75) is 32.7 Å². The van der Waals surface area contributed by atoms with E-state index >= 15 is 0 Å². The minimum atomic E-state index is -0.571. The monoisotopic (exact) mass is 449 g/mol. The van der Waals surface area contributed by atoms with Crippen LogP contribution < -0.4 is 15.8 Å². The first kappa shape index (κ1) is 24.7. The van der Waals surface area contributed by atoms with Gasteiger partial charge in [-0.05, 0) is 31.2 Å². The predicted octanol–water partition coefficient (Wildman–Crippen LogP) is 3.57. The third-order valence-corrected chi connectivity index (χ3v) is 4.67. The number of aromatic nitrogens is 3. The number of ether oxygens (including phenoxy) is 1. The molecule has 2 aromatic carbocycles. The van der Waals surface area contributed by atoms with Crippen molar-refractivity contribution in [1.29, 1.82) is 0 Å². The molecule has 1 atom stereocenters. The highest BCUT2D eigenvalue weighted by Gasteiger charge is 2.30. The molecule has 0 fully saturated rings. The van der Waals surface area contributed by atoms with Crippen LogP contribution in [0.2, 0.25) is 0 Å². The molecular weight excluding hydrogens is 423 g/mol. The number of rotatable bonds is 3. The molecule has 0 aliphatic carbocycles. The van der Waals surface area contributed by atoms with E-state index < -0.39 is 11.6 Å². The Balaban J connectivity index is 0.000000233. The van der Waals surface area contributed by atoms with Crippen molar-refractivity contribution < 1.29 is 22.7 Å². The number of nitrogens with one attached hydrogen (secondary N) is 1. The lowest BCUT2D eigenvalue weighted by molar-refractivity contribution is -0.115.